The quantitative estimate of drug-likeness (QED) is 0.683. The fourth-order valence-electron chi connectivity index (χ4n) is 2.59. The number of rotatable bonds is 2. The summed E-state index contributed by atoms with van der Waals surface area (Å²) in [6.45, 7) is 0. The molecule has 3 rings (SSSR count). The first-order chi connectivity index (χ1) is 10.5. The van der Waals surface area contributed by atoms with Gasteiger partial charge < -0.3 is 5.73 Å². The number of halogens is 1. The third-order valence-electron chi connectivity index (χ3n) is 3.55. The van der Waals surface area contributed by atoms with Gasteiger partial charge in [-0.1, -0.05) is 48.0 Å². The minimum absolute atomic E-state index is 0.263. The van der Waals surface area contributed by atoms with Gasteiger partial charge >= 0.3 is 6.03 Å². The summed E-state index contributed by atoms with van der Waals surface area (Å²) >= 11 is 5.91. The molecule has 2 aromatic rings. The van der Waals surface area contributed by atoms with Gasteiger partial charge in [-0.3, -0.25) is 9.59 Å². The first kappa shape index (κ1) is 14.3. The van der Waals surface area contributed by atoms with Gasteiger partial charge in [-0.2, -0.15) is 0 Å². The zero-order valence-electron chi connectivity index (χ0n) is 11.3. The predicted molar refractivity (Wildman–Crippen MR) is 82.0 cm³/mol. The normalized spacial score (nSPS) is 16.5. The van der Waals surface area contributed by atoms with Crippen molar-refractivity contribution in [2.75, 3.05) is 4.90 Å². The molecular formula is C16H11ClN2O3. The van der Waals surface area contributed by atoms with Crippen LogP contribution in [0, 0.1) is 0 Å². The standard InChI is InChI=1S/C16H11ClN2O3/c17-10-6-7-11-12(8-10)19(16(18)22)15(21)13(11)14(20)9-4-2-1-3-5-9/h1-8,13H,(H2,18,22). The molecule has 1 aliphatic rings. The van der Waals surface area contributed by atoms with Crippen molar-refractivity contribution in [2.24, 2.45) is 5.73 Å². The molecule has 3 amide bonds. The molecule has 0 fully saturated rings. The number of primary amides is 1. The number of fused-ring (bicyclic) bond motifs is 1. The minimum Gasteiger partial charge on any atom is -0.351 e. The Kier molecular flexibility index (Phi) is 3.42. The lowest BCUT2D eigenvalue weighted by molar-refractivity contribution is -0.117. The van der Waals surface area contributed by atoms with E-state index in [-0.39, 0.29) is 11.5 Å². The zero-order valence-corrected chi connectivity index (χ0v) is 12.1. The van der Waals surface area contributed by atoms with Crippen LogP contribution in [0.5, 0.6) is 0 Å². The van der Waals surface area contributed by atoms with Gasteiger partial charge in [0.2, 0.25) is 0 Å². The molecule has 0 radical (unpaired) electrons. The van der Waals surface area contributed by atoms with Crippen LogP contribution in [0.15, 0.2) is 48.5 Å². The average Bonchev–Trinajstić information content (AvgIpc) is 2.78. The number of hydrogen-bond donors (Lipinski definition) is 1. The second kappa shape index (κ2) is 5.27. The Labute approximate surface area is 131 Å². The molecule has 0 saturated heterocycles. The van der Waals surface area contributed by atoms with Gasteiger partial charge in [0.05, 0.1) is 5.69 Å². The van der Waals surface area contributed by atoms with Gasteiger partial charge in [0.15, 0.2) is 5.78 Å². The molecule has 1 unspecified atom stereocenters. The maximum absolute atomic E-state index is 12.6. The fraction of sp³-hybridized carbons (Fsp3) is 0.0625. The highest BCUT2D eigenvalue weighted by molar-refractivity contribution is 6.33. The van der Waals surface area contributed by atoms with Crippen molar-refractivity contribution in [1.29, 1.82) is 0 Å². The van der Waals surface area contributed by atoms with Crippen LogP contribution in [-0.2, 0) is 4.79 Å². The highest BCUT2D eigenvalue weighted by Gasteiger charge is 2.44. The van der Waals surface area contributed by atoms with Crippen LogP contribution in [0.25, 0.3) is 0 Å². The van der Waals surface area contributed by atoms with E-state index in [9.17, 15) is 14.4 Å². The minimum atomic E-state index is -1.08. The Morgan fingerprint density at radius 1 is 1.09 bits per heavy atom. The van der Waals surface area contributed by atoms with E-state index in [1.54, 1.807) is 42.5 Å². The number of carbonyl (C=O) groups excluding carboxylic acids is 3. The highest BCUT2D eigenvalue weighted by Crippen LogP contribution is 2.40. The van der Waals surface area contributed by atoms with E-state index in [1.165, 1.54) is 6.07 Å². The lowest BCUT2D eigenvalue weighted by atomic mass is 9.92. The average molecular weight is 315 g/mol. The maximum Gasteiger partial charge on any atom is 0.326 e. The molecule has 0 spiro atoms. The number of carbonyl (C=O) groups is 3. The molecule has 22 heavy (non-hydrogen) atoms. The summed E-state index contributed by atoms with van der Waals surface area (Å²) in [6, 6.07) is 12.1. The molecule has 1 atom stereocenters. The largest absolute Gasteiger partial charge is 0.351 e. The fourth-order valence-corrected chi connectivity index (χ4v) is 2.75. The summed E-state index contributed by atoms with van der Waals surface area (Å²) in [4.78, 5) is 37.5. The second-order valence-electron chi connectivity index (χ2n) is 4.88. The number of Topliss-reactive ketones (excluding diaryl/α,β-unsaturated/α-hetero) is 1. The lowest BCUT2D eigenvalue weighted by Gasteiger charge is -2.12. The van der Waals surface area contributed by atoms with Crippen molar-refractivity contribution in [2.45, 2.75) is 5.92 Å². The van der Waals surface area contributed by atoms with Crippen molar-refractivity contribution in [3.63, 3.8) is 0 Å². The number of nitrogens with two attached hydrogens (primary N) is 1. The molecule has 0 saturated carbocycles. The van der Waals surface area contributed by atoms with Crippen LogP contribution in [0.4, 0.5) is 10.5 Å². The van der Waals surface area contributed by atoms with Crippen LogP contribution in [0.3, 0.4) is 0 Å². The topological polar surface area (TPSA) is 80.5 Å². The van der Waals surface area contributed by atoms with Crippen LogP contribution in [-0.4, -0.2) is 17.7 Å². The first-order valence-corrected chi connectivity index (χ1v) is 6.90. The monoisotopic (exact) mass is 314 g/mol. The summed E-state index contributed by atoms with van der Waals surface area (Å²) in [5, 5.41) is 0.352. The number of urea groups is 1. The van der Waals surface area contributed by atoms with Gasteiger partial charge in [-0.15, -0.1) is 0 Å². The van der Waals surface area contributed by atoms with Gasteiger partial charge in [0.1, 0.15) is 5.92 Å². The zero-order chi connectivity index (χ0) is 15.9. The van der Waals surface area contributed by atoms with Crippen LogP contribution >= 0.6 is 11.6 Å². The third-order valence-corrected chi connectivity index (χ3v) is 3.79. The van der Waals surface area contributed by atoms with E-state index in [0.29, 0.717) is 16.1 Å². The molecule has 1 heterocycles. The Hall–Kier alpha value is -2.66. The molecule has 2 aromatic carbocycles. The molecule has 0 aliphatic carbocycles. The number of nitrogens with zero attached hydrogens (tertiary/aromatic N) is 1. The summed E-state index contributed by atoms with van der Waals surface area (Å²) in [7, 11) is 0. The Bertz CT molecular complexity index is 789. The van der Waals surface area contributed by atoms with E-state index in [2.05, 4.69) is 0 Å². The number of ketones is 1. The third kappa shape index (κ3) is 2.16. The smallest absolute Gasteiger partial charge is 0.326 e. The SMILES string of the molecule is NC(=O)N1C(=O)C(C(=O)c2ccccc2)c2ccc(Cl)cc21. The Morgan fingerprint density at radius 3 is 2.41 bits per heavy atom. The second-order valence-corrected chi connectivity index (χ2v) is 5.31. The highest BCUT2D eigenvalue weighted by atomic mass is 35.5. The molecular weight excluding hydrogens is 304 g/mol. The van der Waals surface area contributed by atoms with Crippen molar-refractivity contribution in [3.8, 4) is 0 Å². The summed E-state index contributed by atoms with van der Waals surface area (Å²) in [6.07, 6.45) is 0. The maximum atomic E-state index is 12.6. The molecule has 5 nitrogen and oxygen atoms in total. The number of amides is 3. The number of anilines is 1. The van der Waals surface area contributed by atoms with Crippen LogP contribution < -0.4 is 10.6 Å². The van der Waals surface area contributed by atoms with E-state index in [1.807, 2.05) is 0 Å². The molecule has 0 bridgehead atoms. The summed E-state index contributed by atoms with van der Waals surface area (Å²) in [5.74, 6) is -2.11. The lowest BCUT2D eigenvalue weighted by Crippen LogP contribution is -2.40. The van der Waals surface area contributed by atoms with Crippen LogP contribution in [0.1, 0.15) is 21.8 Å². The first-order valence-electron chi connectivity index (χ1n) is 6.53. The van der Waals surface area contributed by atoms with Crippen molar-refractivity contribution in [3.05, 3.63) is 64.7 Å². The van der Waals surface area contributed by atoms with Crippen LogP contribution in [0.2, 0.25) is 5.02 Å². The van der Waals surface area contributed by atoms with Gasteiger partial charge in [0, 0.05) is 10.6 Å². The van der Waals surface area contributed by atoms with E-state index in [0.717, 1.165) is 4.90 Å². The molecule has 0 aromatic heterocycles. The van der Waals surface area contributed by atoms with E-state index < -0.39 is 17.9 Å². The molecule has 6 heteroatoms. The van der Waals surface area contributed by atoms with Gasteiger partial charge in [0.25, 0.3) is 5.91 Å². The van der Waals surface area contributed by atoms with E-state index in [4.69, 9.17) is 17.3 Å². The molecule has 2 N–H and O–H groups in total. The Morgan fingerprint density at radius 2 is 1.77 bits per heavy atom. The number of imide groups is 1. The Balaban J connectivity index is 2.12. The number of hydrogen-bond acceptors (Lipinski definition) is 3. The van der Waals surface area contributed by atoms with Gasteiger partial charge in [-0.05, 0) is 17.7 Å². The molecule has 1 aliphatic heterocycles. The molecule has 110 valence electrons. The summed E-state index contributed by atoms with van der Waals surface area (Å²) in [5.41, 5.74) is 6.36. The van der Waals surface area contributed by atoms with Gasteiger partial charge in [-0.25, -0.2) is 9.69 Å². The van der Waals surface area contributed by atoms with E-state index >= 15 is 0 Å². The summed E-state index contributed by atoms with van der Waals surface area (Å²) < 4.78 is 0. The van der Waals surface area contributed by atoms with Crippen molar-refractivity contribution in [1.82, 2.24) is 0 Å². The van der Waals surface area contributed by atoms with Crippen molar-refractivity contribution < 1.29 is 14.4 Å². The number of benzene rings is 2. The predicted octanol–water partition coefficient (Wildman–Crippen LogP) is 2.73. The van der Waals surface area contributed by atoms with Crippen molar-refractivity contribution >= 4 is 35.0 Å².